The average molecular weight is 460 g/mol. The first-order valence-corrected chi connectivity index (χ1v) is 12.0. The highest BCUT2D eigenvalue weighted by Crippen LogP contribution is 2.38. The Bertz CT molecular complexity index is 931. The Labute approximate surface area is 193 Å². The third-order valence-corrected chi connectivity index (χ3v) is 6.71. The zero-order chi connectivity index (χ0) is 22.3. The molecule has 6 nitrogen and oxygen atoms in total. The molecule has 0 aliphatic carbocycles. The van der Waals surface area contributed by atoms with Crippen LogP contribution in [0.5, 0.6) is 17.2 Å². The first-order chi connectivity index (χ1) is 15.6. The van der Waals surface area contributed by atoms with Gasteiger partial charge in [-0.2, -0.15) is 0 Å². The second-order valence-corrected chi connectivity index (χ2v) is 8.91. The van der Waals surface area contributed by atoms with E-state index in [0.717, 1.165) is 72.8 Å². The van der Waals surface area contributed by atoms with Crippen LogP contribution in [-0.2, 0) is 5.75 Å². The van der Waals surface area contributed by atoms with Gasteiger partial charge in [-0.1, -0.05) is 11.8 Å². The summed E-state index contributed by atoms with van der Waals surface area (Å²) in [5.74, 6) is 2.83. The van der Waals surface area contributed by atoms with Crippen molar-refractivity contribution in [1.82, 2.24) is 4.90 Å². The number of halogens is 1. The molecule has 2 aromatic rings. The van der Waals surface area contributed by atoms with Gasteiger partial charge in [-0.25, -0.2) is 4.39 Å². The normalized spacial score (nSPS) is 18.2. The molecule has 0 bridgehead atoms. The Morgan fingerprint density at radius 3 is 2.53 bits per heavy atom. The van der Waals surface area contributed by atoms with E-state index < -0.39 is 0 Å². The van der Waals surface area contributed by atoms with Crippen LogP contribution in [0.4, 0.5) is 10.1 Å². The van der Waals surface area contributed by atoms with E-state index in [0.29, 0.717) is 12.6 Å². The summed E-state index contributed by atoms with van der Waals surface area (Å²) in [4.78, 5) is 7.45. The van der Waals surface area contributed by atoms with Crippen LogP contribution in [0.15, 0.2) is 41.4 Å². The highest BCUT2D eigenvalue weighted by Gasteiger charge is 2.22. The Morgan fingerprint density at radius 1 is 1.09 bits per heavy atom. The van der Waals surface area contributed by atoms with Crippen LogP contribution in [0, 0.1) is 5.82 Å². The van der Waals surface area contributed by atoms with Crippen molar-refractivity contribution in [2.75, 3.05) is 45.8 Å². The van der Waals surface area contributed by atoms with E-state index in [2.05, 4.69) is 10.2 Å². The predicted octanol–water partition coefficient (Wildman–Crippen LogP) is 4.79. The van der Waals surface area contributed by atoms with E-state index in [1.165, 1.54) is 17.7 Å². The molecule has 8 heteroatoms. The first-order valence-electron chi connectivity index (χ1n) is 11.0. The van der Waals surface area contributed by atoms with Gasteiger partial charge in [-0.3, -0.25) is 4.99 Å². The van der Waals surface area contributed by atoms with Crippen molar-refractivity contribution >= 4 is 22.6 Å². The summed E-state index contributed by atoms with van der Waals surface area (Å²) in [6, 6.07) is 10.5. The van der Waals surface area contributed by atoms with E-state index in [-0.39, 0.29) is 5.82 Å². The van der Waals surface area contributed by atoms with Gasteiger partial charge in [0.25, 0.3) is 0 Å². The molecule has 0 radical (unpaired) electrons. The maximum absolute atomic E-state index is 12.9. The van der Waals surface area contributed by atoms with Gasteiger partial charge in [-0.05, 0) is 55.2 Å². The van der Waals surface area contributed by atoms with E-state index in [9.17, 15) is 4.39 Å². The van der Waals surface area contributed by atoms with Crippen molar-refractivity contribution in [2.45, 2.75) is 31.1 Å². The highest BCUT2D eigenvalue weighted by atomic mass is 32.2. The van der Waals surface area contributed by atoms with E-state index >= 15 is 0 Å². The van der Waals surface area contributed by atoms with Gasteiger partial charge in [0.05, 0.1) is 26.9 Å². The summed E-state index contributed by atoms with van der Waals surface area (Å²) in [5.41, 5.74) is 2.24. The van der Waals surface area contributed by atoms with Crippen LogP contribution in [0.1, 0.15) is 24.8 Å². The van der Waals surface area contributed by atoms with Crippen molar-refractivity contribution in [3.05, 3.63) is 47.8 Å². The molecule has 2 heterocycles. The highest BCUT2D eigenvalue weighted by molar-refractivity contribution is 8.13. The molecule has 1 fully saturated rings. The topological polar surface area (TPSA) is 55.3 Å². The molecular weight excluding hydrogens is 429 g/mol. The quantitative estimate of drug-likeness (QED) is 0.573. The Kier molecular flexibility index (Phi) is 7.76. The second kappa shape index (κ2) is 10.9. The largest absolute Gasteiger partial charge is 0.494 e. The zero-order valence-corrected chi connectivity index (χ0v) is 19.4. The molecule has 0 atom stereocenters. The fraction of sp³-hybridized carbons (Fsp3) is 0.458. The van der Waals surface area contributed by atoms with Crippen molar-refractivity contribution in [3.8, 4) is 17.2 Å². The lowest BCUT2D eigenvalue weighted by Gasteiger charge is -2.31. The Morgan fingerprint density at radius 2 is 1.81 bits per heavy atom. The van der Waals surface area contributed by atoms with Crippen molar-refractivity contribution in [2.24, 2.45) is 4.99 Å². The molecule has 0 aromatic heterocycles. The lowest BCUT2D eigenvalue weighted by molar-refractivity contribution is 0.194. The number of hydrogen-bond donors (Lipinski definition) is 1. The third kappa shape index (κ3) is 5.86. The fourth-order valence-corrected chi connectivity index (χ4v) is 4.91. The summed E-state index contributed by atoms with van der Waals surface area (Å²) in [7, 11) is 3.31. The number of amidine groups is 1. The second-order valence-electron chi connectivity index (χ2n) is 7.94. The Hall–Kier alpha value is -2.45. The number of anilines is 1. The molecule has 172 valence electrons. The lowest BCUT2D eigenvalue weighted by atomic mass is 10.1. The first kappa shape index (κ1) is 22.7. The van der Waals surface area contributed by atoms with Gasteiger partial charge in [0.1, 0.15) is 11.6 Å². The number of hydrogen-bond acceptors (Lipinski definition) is 6. The lowest BCUT2D eigenvalue weighted by Crippen LogP contribution is -2.37. The van der Waals surface area contributed by atoms with Gasteiger partial charge in [0.15, 0.2) is 16.7 Å². The maximum Gasteiger partial charge on any atom is 0.162 e. The van der Waals surface area contributed by atoms with Gasteiger partial charge in [-0.15, -0.1) is 0 Å². The molecule has 0 spiro atoms. The van der Waals surface area contributed by atoms with E-state index in [1.54, 1.807) is 38.1 Å². The van der Waals surface area contributed by atoms with Crippen LogP contribution in [0.25, 0.3) is 0 Å². The number of nitrogens with zero attached hydrogens (tertiary/aromatic N) is 2. The van der Waals surface area contributed by atoms with Crippen LogP contribution in [0.2, 0.25) is 0 Å². The molecule has 2 aromatic carbocycles. The molecule has 0 saturated carbocycles. The van der Waals surface area contributed by atoms with Crippen LogP contribution in [0.3, 0.4) is 0 Å². The monoisotopic (exact) mass is 459 g/mol. The van der Waals surface area contributed by atoms with Crippen LogP contribution < -0.4 is 19.5 Å². The summed E-state index contributed by atoms with van der Waals surface area (Å²) in [6.07, 6.45) is 3.07. The zero-order valence-electron chi connectivity index (χ0n) is 18.6. The fourth-order valence-electron chi connectivity index (χ4n) is 3.97. The maximum atomic E-state index is 12.9. The molecule has 32 heavy (non-hydrogen) atoms. The van der Waals surface area contributed by atoms with Gasteiger partial charge in [0, 0.05) is 37.1 Å². The summed E-state index contributed by atoms with van der Waals surface area (Å²) >= 11 is 1.74. The number of likely N-dealkylation sites (tertiary alicyclic amines) is 1. The number of aliphatic imine (C=N–C) groups is 1. The number of benzene rings is 2. The van der Waals surface area contributed by atoms with E-state index in [1.807, 2.05) is 12.1 Å². The van der Waals surface area contributed by atoms with Gasteiger partial charge >= 0.3 is 0 Å². The average Bonchev–Trinajstić information content (AvgIpc) is 2.83. The number of nitrogens with one attached hydrogen (secondary N) is 1. The summed E-state index contributed by atoms with van der Waals surface area (Å²) in [6.45, 7) is 3.74. The predicted molar refractivity (Wildman–Crippen MR) is 128 cm³/mol. The molecule has 1 N–H and O–H groups in total. The minimum atomic E-state index is -0.241. The number of piperidine rings is 1. The SMILES string of the molecule is COc1cc2c(cc1OC)NC(=NC1CCN(CCCOc3ccc(F)cc3)CC1)SC2. The Balaban J connectivity index is 1.21. The molecular formula is C24H30FN3O3S. The molecule has 0 amide bonds. The summed E-state index contributed by atoms with van der Waals surface area (Å²) in [5, 5.41) is 4.45. The number of methoxy groups -OCH3 is 2. The van der Waals surface area contributed by atoms with Crippen molar-refractivity contribution in [1.29, 1.82) is 0 Å². The van der Waals surface area contributed by atoms with Gasteiger partial charge in [0.2, 0.25) is 0 Å². The van der Waals surface area contributed by atoms with E-state index in [4.69, 9.17) is 19.2 Å². The van der Waals surface area contributed by atoms with Crippen LogP contribution in [-0.4, -0.2) is 56.6 Å². The molecule has 4 rings (SSSR count). The molecule has 1 saturated heterocycles. The summed E-state index contributed by atoms with van der Waals surface area (Å²) < 4.78 is 29.5. The number of fused-ring (bicyclic) bond motifs is 1. The molecule has 0 unspecified atom stereocenters. The van der Waals surface area contributed by atoms with Crippen molar-refractivity contribution < 1.29 is 18.6 Å². The molecule has 2 aliphatic rings. The van der Waals surface area contributed by atoms with Crippen molar-refractivity contribution in [3.63, 3.8) is 0 Å². The standard InChI is InChI=1S/C24H30FN3O3S/c1-29-22-14-17-16-32-24(27-21(17)15-23(22)30-2)26-19-8-11-28(12-9-19)10-3-13-31-20-6-4-18(25)5-7-20/h4-7,14-15,19H,3,8-13,16H2,1-2H3,(H,26,27). The molecule has 2 aliphatic heterocycles. The third-order valence-electron chi connectivity index (χ3n) is 5.77. The number of rotatable bonds is 8. The minimum absolute atomic E-state index is 0.241. The number of ether oxygens (including phenoxy) is 3. The van der Waals surface area contributed by atoms with Crippen LogP contribution >= 0.6 is 11.8 Å². The number of thioether (sulfide) groups is 1. The smallest absolute Gasteiger partial charge is 0.162 e. The van der Waals surface area contributed by atoms with Gasteiger partial charge < -0.3 is 24.4 Å². The minimum Gasteiger partial charge on any atom is -0.494 e.